The molecule has 0 saturated carbocycles. The van der Waals surface area contributed by atoms with Crippen LogP contribution < -0.4 is 4.74 Å². The maximum absolute atomic E-state index is 11.4. The zero-order chi connectivity index (χ0) is 16.0. The van der Waals surface area contributed by atoms with Crippen molar-refractivity contribution in [3.63, 3.8) is 0 Å². The summed E-state index contributed by atoms with van der Waals surface area (Å²) in [7, 11) is 1.54. The fourth-order valence-electron chi connectivity index (χ4n) is 1.96. The lowest BCUT2D eigenvalue weighted by Gasteiger charge is -2.24. The quantitative estimate of drug-likeness (QED) is 0.664. The number of nitrogens with zero attached hydrogens (tertiary/aromatic N) is 1. The van der Waals surface area contributed by atoms with Gasteiger partial charge in [-0.05, 0) is 31.7 Å². The van der Waals surface area contributed by atoms with Crippen molar-refractivity contribution in [3.05, 3.63) is 23.8 Å². The summed E-state index contributed by atoms with van der Waals surface area (Å²) in [6.45, 7) is 2.18. The van der Waals surface area contributed by atoms with Crippen molar-refractivity contribution in [1.29, 1.82) is 0 Å². The average Bonchev–Trinajstić information content (AvgIpc) is 2.40. The van der Waals surface area contributed by atoms with E-state index in [0.717, 1.165) is 0 Å². The van der Waals surface area contributed by atoms with Gasteiger partial charge in [0.25, 0.3) is 0 Å². The third-order valence-electron chi connectivity index (χ3n) is 2.95. The van der Waals surface area contributed by atoms with E-state index >= 15 is 0 Å². The number of phenols is 1. The van der Waals surface area contributed by atoms with E-state index in [1.165, 1.54) is 30.1 Å². The smallest absolute Gasteiger partial charge is 0.325 e. The molecule has 0 saturated heterocycles. The van der Waals surface area contributed by atoms with Gasteiger partial charge >= 0.3 is 11.9 Å². The standard InChI is InChI=1S/C14H19NO6/c1-3-21-11-8-9(4-5-10(11)16)13(14(19)20)15(2)7-6-12(17)18/h4-5,8,13,16H,3,6-7H2,1-2H3,(H,17,18)(H,19,20). The van der Waals surface area contributed by atoms with Crippen LogP contribution in [0.3, 0.4) is 0 Å². The first-order valence-corrected chi connectivity index (χ1v) is 6.47. The molecule has 0 heterocycles. The summed E-state index contributed by atoms with van der Waals surface area (Å²) in [4.78, 5) is 23.5. The third kappa shape index (κ3) is 4.64. The van der Waals surface area contributed by atoms with Gasteiger partial charge in [0, 0.05) is 6.54 Å². The Kier molecular flexibility index (Phi) is 5.98. The molecule has 0 radical (unpaired) electrons. The maximum Gasteiger partial charge on any atom is 0.325 e. The van der Waals surface area contributed by atoms with E-state index in [4.69, 9.17) is 9.84 Å². The fourth-order valence-corrected chi connectivity index (χ4v) is 1.96. The van der Waals surface area contributed by atoms with Gasteiger partial charge in [-0.2, -0.15) is 0 Å². The van der Waals surface area contributed by atoms with E-state index in [2.05, 4.69) is 0 Å². The van der Waals surface area contributed by atoms with Crippen LogP contribution in [-0.2, 0) is 9.59 Å². The molecule has 0 fully saturated rings. The Morgan fingerprint density at radius 3 is 2.52 bits per heavy atom. The highest BCUT2D eigenvalue weighted by molar-refractivity contribution is 5.76. The molecule has 1 atom stereocenters. The number of hydrogen-bond acceptors (Lipinski definition) is 5. The van der Waals surface area contributed by atoms with Crippen LogP contribution in [-0.4, -0.2) is 52.4 Å². The van der Waals surface area contributed by atoms with Crippen molar-refractivity contribution in [2.24, 2.45) is 0 Å². The zero-order valence-electron chi connectivity index (χ0n) is 11.9. The molecule has 0 bridgehead atoms. The summed E-state index contributed by atoms with van der Waals surface area (Å²) in [6, 6.07) is 3.29. The molecule has 3 N–H and O–H groups in total. The Bertz CT molecular complexity index is 516. The number of phenolic OH excluding ortho intramolecular Hbond substituents is 1. The molecule has 0 aromatic heterocycles. The Hall–Kier alpha value is -2.28. The van der Waals surface area contributed by atoms with Crippen molar-refractivity contribution in [3.8, 4) is 11.5 Å². The van der Waals surface area contributed by atoms with Crippen LogP contribution in [0.25, 0.3) is 0 Å². The Labute approximate surface area is 122 Å². The van der Waals surface area contributed by atoms with Gasteiger partial charge in [0.05, 0.1) is 13.0 Å². The SMILES string of the molecule is CCOc1cc(C(C(=O)O)N(C)CCC(=O)O)ccc1O. The van der Waals surface area contributed by atoms with Gasteiger partial charge in [-0.25, -0.2) is 0 Å². The zero-order valence-corrected chi connectivity index (χ0v) is 11.9. The first-order chi connectivity index (χ1) is 9.86. The summed E-state index contributed by atoms with van der Waals surface area (Å²) in [5.74, 6) is -1.96. The van der Waals surface area contributed by atoms with Crippen LogP contribution in [0.2, 0.25) is 0 Å². The van der Waals surface area contributed by atoms with Crippen molar-refractivity contribution in [2.75, 3.05) is 20.2 Å². The summed E-state index contributed by atoms with van der Waals surface area (Å²) in [5, 5.41) is 27.7. The number of carboxylic acid groups (broad SMARTS) is 2. The van der Waals surface area contributed by atoms with Crippen LogP contribution in [0.5, 0.6) is 11.5 Å². The van der Waals surface area contributed by atoms with E-state index in [-0.39, 0.29) is 24.5 Å². The topological polar surface area (TPSA) is 107 Å². The molecule has 0 aliphatic rings. The van der Waals surface area contributed by atoms with Gasteiger partial charge in [-0.15, -0.1) is 0 Å². The molecule has 116 valence electrons. The molecule has 0 aliphatic heterocycles. The average molecular weight is 297 g/mol. The second kappa shape index (κ2) is 7.49. The van der Waals surface area contributed by atoms with Crippen LogP contribution in [0.15, 0.2) is 18.2 Å². The summed E-state index contributed by atoms with van der Waals surface area (Å²) < 4.78 is 5.23. The molecular formula is C14H19NO6. The molecule has 0 amide bonds. The summed E-state index contributed by atoms with van der Waals surface area (Å²) in [5.41, 5.74) is 0.414. The number of carbonyl (C=O) groups is 2. The number of rotatable bonds is 8. The Morgan fingerprint density at radius 2 is 2.00 bits per heavy atom. The lowest BCUT2D eigenvalue weighted by Crippen LogP contribution is -2.32. The molecule has 0 aliphatic carbocycles. The van der Waals surface area contributed by atoms with E-state index in [9.17, 15) is 19.8 Å². The first kappa shape index (κ1) is 16.8. The number of ether oxygens (including phenoxy) is 1. The molecular weight excluding hydrogens is 278 g/mol. The van der Waals surface area contributed by atoms with Crippen molar-refractivity contribution >= 4 is 11.9 Å². The van der Waals surface area contributed by atoms with Crippen LogP contribution in [0.4, 0.5) is 0 Å². The van der Waals surface area contributed by atoms with Gasteiger partial charge in [-0.3, -0.25) is 14.5 Å². The second-order valence-electron chi connectivity index (χ2n) is 4.53. The Morgan fingerprint density at radius 1 is 1.33 bits per heavy atom. The Balaban J connectivity index is 3.02. The molecule has 0 spiro atoms. The molecule has 1 rings (SSSR count). The van der Waals surface area contributed by atoms with Gasteiger partial charge in [0.2, 0.25) is 0 Å². The van der Waals surface area contributed by atoms with Crippen LogP contribution in [0, 0.1) is 0 Å². The molecule has 21 heavy (non-hydrogen) atoms. The monoisotopic (exact) mass is 297 g/mol. The molecule has 7 nitrogen and oxygen atoms in total. The normalized spacial score (nSPS) is 12.1. The minimum Gasteiger partial charge on any atom is -0.504 e. The van der Waals surface area contributed by atoms with Gasteiger partial charge in [-0.1, -0.05) is 6.07 Å². The fraction of sp³-hybridized carbons (Fsp3) is 0.429. The maximum atomic E-state index is 11.4. The minimum absolute atomic E-state index is 0.0714. The second-order valence-corrected chi connectivity index (χ2v) is 4.53. The number of aliphatic carboxylic acids is 2. The third-order valence-corrected chi connectivity index (χ3v) is 2.95. The largest absolute Gasteiger partial charge is 0.504 e. The molecule has 1 unspecified atom stereocenters. The number of benzene rings is 1. The van der Waals surface area contributed by atoms with Crippen molar-refractivity contribution in [1.82, 2.24) is 4.90 Å². The van der Waals surface area contributed by atoms with Crippen LogP contribution >= 0.6 is 0 Å². The summed E-state index contributed by atoms with van der Waals surface area (Å²) >= 11 is 0. The van der Waals surface area contributed by atoms with Gasteiger partial charge < -0.3 is 20.1 Å². The van der Waals surface area contributed by atoms with Gasteiger partial charge in [0.15, 0.2) is 11.5 Å². The number of likely N-dealkylation sites (N-methyl/N-ethyl adjacent to an activating group) is 1. The predicted molar refractivity (Wildman–Crippen MR) is 74.5 cm³/mol. The molecule has 1 aromatic carbocycles. The highest BCUT2D eigenvalue weighted by Crippen LogP contribution is 2.31. The molecule has 7 heteroatoms. The van der Waals surface area contributed by atoms with E-state index in [1.54, 1.807) is 6.92 Å². The minimum atomic E-state index is -1.10. The summed E-state index contributed by atoms with van der Waals surface area (Å²) in [6.07, 6.45) is -0.156. The highest BCUT2D eigenvalue weighted by atomic mass is 16.5. The van der Waals surface area contributed by atoms with E-state index in [1.807, 2.05) is 0 Å². The predicted octanol–water partition coefficient (Wildman–Crippen LogP) is 1.32. The first-order valence-electron chi connectivity index (χ1n) is 6.47. The number of carboxylic acids is 2. The van der Waals surface area contributed by atoms with Crippen LogP contribution in [0.1, 0.15) is 24.9 Å². The molecule has 1 aromatic rings. The lowest BCUT2D eigenvalue weighted by molar-refractivity contribution is -0.144. The lowest BCUT2D eigenvalue weighted by atomic mass is 10.0. The van der Waals surface area contributed by atoms with E-state index < -0.39 is 18.0 Å². The highest BCUT2D eigenvalue weighted by Gasteiger charge is 2.26. The van der Waals surface area contributed by atoms with Crippen molar-refractivity contribution < 1.29 is 29.6 Å². The van der Waals surface area contributed by atoms with Crippen molar-refractivity contribution in [2.45, 2.75) is 19.4 Å². The number of hydrogen-bond donors (Lipinski definition) is 3. The number of aromatic hydroxyl groups is 1. The van der Waals surface area contributed by atoms with E-state index in [0.29, 0.717) is 12.2 Å². The van der Waals surface area contributed by atoms with Gasteiger partial charge in [0.1, 0.15) is 6.04 Å².